The molecule has 0 radical (unpaired) electrons. The standard InChI is InChI=1S/C62H50N4/c1-37-27-38(2)30-45(29-37)63(53-19-11-7-15-41(53)5)57-25-23-47-49-35-60-50(36-59(49)65-55-21-13-9-17-43(55)33-51(57)61(47)65)48-24-26-58(52-34-44-18-10-14-22-56(44)66(60)62(48)52)64(54-20-12-8-16-42(54)6)46-31-39(3)28-40(4)32-46/h7-32,35-36H,33-34H2,1-6H3. The highest BCUT2D eigenvalue weighted by molar-refractivity contribution is 6.21. The van der Waals surface area contributed by atoms with E-state index in [1.807, 2.05) is 0 Å². The quantitative estimate of drug-likeness (QED) is 0.166. The van der Waals surface area contributed by atoms with Crippen molar-refractivity contribution in [3.63, 3.8) is 0 Å². The normalized spacial score (nSPS) is 12.6. The van der Waals surface area contributed by atoms with E-state index in [1.54, 1.807) is 0 Å². The third-order valence-electron chi connectivity index (χ3n) is 14.5. The van der Waals surface area contributed by atoms with Gasteiger partial charge in [0.05, 0.1) is 33.4 Å². The Morgan fingerprint density at radius 2 is 0.727 bits per heavy atom. The third kappa shape index (κ3) is 5.64. The van der Waals surface area contributed by atoms with Crippen molar-refractivity contribution in [2.75, 3.05) is 9.80 Å². The summed E-state index contributed by atoms with van der Waals surface area (Å²) in [5, 5.41) is 5.12. The molecule has 318 valence electrons. The average Bonchev–Trinajstić information content (AvgIpc) is 3.81. The Morgan fingerprint density at radius 3 is 1.14 bits per heavy atom. The summed E-state index contributed by atoms with van der Waals surface area (Å²) in [6.07, 6.45) is 1.69. The molecule has 0 atom stereocenters. The van der Waals surface area contributed by atoms with Crippen LogP contribution in [-0.4, -0.2) is 9.13 Å². The smallest absolute Gasteiger partial charge is 0.0597 e. The van der Waals surface area contributed by atoms with Gasteiger partial charge < -0.3 is 18.9 Å². The number of para-hydroxylation sites is 4. The first kappa shape index (κ1) is 38.6. The Balaban J connectivity index is 1.12. The summed E-state index contributed by atoms with van der Waals surface area (Å²) >= 11 is 0. The maximum atomic E-state index is 2.59. The van der Waals surface area contributed by atoms with E-state index in [-0.39, 0.29) is 0 Å². The van der Waals surface area contributed by atoms with Gasteiger partial charge in [-0.1, -0.05) is 97.1 Å². The van der Waals surface area contributed by atoms with E-state index >= 15 is 0 Å². The van der Waals surface area contributed by atoms with E-state index in [0.29, 0.717) is 0 Å². The van der Waals surface area contributed by atoms with Gasteiger partial charge in [-0.2, -0.15) is 0 Å². The zero-order valence-corrected chi connectivity index (χ0v) is 38.4. The summed E-state index contributed by atoms with van der Waals surface area (Å²) in [5.74, 6) is 0. The average molecular weight is 851 g/mol. The van der Waals surface area contributed by atoms with E-state index in [0.717, 1.165) is 12.8 Å². The molecule has 0 saturated carbocycles. The van der Waals surface area contributed by atoms with Crippen LogP contribution in [0.2, 0.25) is 0 Å². The molecule has 2 aliphatic heterocycles. The summed E-state index contributed by atoms with van der Waals surface area (Å²) in [4.78, 5) is 5.02. The third-order valence-corrected chi connectivity index (χ3v) is 14.5. The molecular formula is C62H50N4. The number of rotatable bonds is 6. The molecule has 0 N–H and O–H groups in total. The first-order chi connectivity index (χ1) is 32.2. The zero-order valence-electron chi connectivity index (χ0n) is 38.4. The first-order valence-electron chi connectivity index (χ1n) is 23.3. The molecule has 66 heavy (non-hydrogen) atoms. The molecule has 9 aromatic carbocycles. The van der Waals surface area contributed by atoms with Crippen molar-refractivity contribution in [1.29, 1.82) is 0 Å². The number of benzene rings is 9. The molecule has 4 nitrogen and oxygen atoms in total. The first-order valence-corrected chi connectivity index (χ1v) is 23.3. The molecule has 4 heterocycles. The lowest BCUT2D eigenvalue weighted by molar-refractivity contribution is 1.03. The van der Waals surface area contributed by atoms with Gasteiger partial charge in [0.15, 0.2) is 0 Å². The summed E-state index contributed by atoms with van der Waals surface area (Å²) in [7, 11) is 0. The number of aryl methyl sites for hydroxylation is 6. The second-order valence-corrected chi connectivity index (χ2v) is 19.0. The van der Waals surface area contributed by atoms with Crippen molar-refractivity contribution < 1.29 is 0 Å². The maximum absolute atomic E-state index is 2.59. The molecule has 0 bridgehead atoms. The minimum absolute atomic E-state index is 0.846. The Hall–Kier alpha value is -7.82. The van der Waals surface area contributed by atoms with E-state index < -0.39 is 0 Å². The van der Waals surface area contributed by atoms with Crippen molar-refractivity contribution in [1.82, 2.24) is 9.13 Å². The van der Waals surface area contributed by atoms with Gasteiger partial charge in [-0.25, -0.2) is 0 Å². The molecule has 0 aliphatic carbocycles. The molecule has 0 unspecified atom stereocenters. The molecule has 2 aliphatic rings. The molecule has 11 aromatic rings. The lowest BCUT2D eigenvalue weighted by Crippen LogP contribution is -2.17. The van der Waals surface area contributed by atoms with Gasteiger partial charge in [-0.3, -0.25) is 0 Å². The lowest BCUT2D eigenvalue weighted by atomic mass is 9.94. The number of nitrogens with zero attached hydrogens (tertiary/aromatic N) is 4. The Bertz CT molecular complexity index is 3570. The van der Waals surface area contributed by atoms with Crippen molar-refractivity contribution in [3.8, 4) is 11.4 Å². The highest BCUT2D eigenvalue weighted by atomic mass is 15.2. The van der Waals surface area contributed by atoms with Crippen molar-refractivity contribution in [2.45, 2.75) is 54.4 Å². The van der Waals surface area contributed by atoms with Gasteiger partial charge in [0, 0.05) is 79.6 Å². The van der Waals surface area contributed by atoms with Crippen LogP contribution in [0.5, 0.6) is 0 Å². The number of fused-ring (bicyclic) bond motifs is 10. The predicted molar refractivity (Wildman–Crippen MR) is 279 cm³/mol. The molecule has 0 spiro atoms. The monoisotopic (exact) mass is 850 g/mol. The van der Waals surface area contributed by atoms with E-state index in [4.69, 9.17) is 0 Å². The highest BCUT2D eigenvalue weighted by Gasteiger charge is 2.31. The fourth-order valence-corrected chi connectivity index (χ4v) is 11.8. The Kier molecular flexibility index (Phi) is 8.39. The lowest BCUT2D eigenvalue weighted by Gasteiger charge is -2.32. The Labute approximate surface area is 386 Å². The SMILES string of the molecule is Cc1cc(C)cc(N(c2ccccc2C)c2ccc3c4cc5c(cc4n4c3c2Cc2ccccc2-4)c2ccc(N(c3cc(C)cc(C)c3)c3ccccc3C)c3c2n5-c2ccccc2C3)c1. The van der Waals surface area contributed by atoms with E-state index in [9.17, 15) is 0 Å². The van der Waals surface area contributed by atoms with Gasteiger partial charge in [-0.05, 0) is 159 Å². The van der Waals surface area contributed by atoms with Gasteiger partial charge in [0.2, 0.25) is 0 Å². The van der Waals surface area contributed by atoms with Crippen LogP contribution in [0.15, 0.2) is 170 Å². The molecule has 4 heteroatoms. The second kappa shape index (κ2) is 14.3. The van der Waals surface area contributed by atoms with Crippen LogP contribution in [0, 0.1) is 41.5 Å². The summed E-state index contributed by atoms with van der Waals surface area (Å²) < 4.78 is 5.18. The van der Waals surface area contributed by atoms with Crippen LogP contribution in [0.3, 0.4) is 0 Å². The van der Waals surface area contributed by atoms with Crippen LogP contribution in [0.4, 0.5) is 34.1 Å². The largest absolute Gasteiger partial charge is 0.310 e. The molecule has 0 amide bonds. The van der Waals surface area contributed by atoms with Crippen LogP contribution in [-0.2, 0) is 12.8 Å². The summed E-state index contributed by atoms with van der Waals surface area (Å²) in [6, 6.07) is 64.3. The van der Waals surface area contributed by atoms with Crippen LogP contribution < -0.4 is 9.80 Å². The molecule has 2 aromatic heterocycles. The van der Waals surface area contributed by atoms with Crippen LogP contribution in [0.25, 0.3) is 55.0 Å². The molecular weight excluding hydrogens is 801 g/mol. The Morgan fingerprint density at radius 1 is 0.348 bits per heavy atom. The number of hydrogen-bond acceptors (Lipinski definition) is 2. The maximum Gasteiger partial charge on any atom is 0.0597 e. The van der Waals surface area contributed by atoms with Crippen molar-refractivity contribution in [3.05, 3.63) is 225 Å². The fourth-order valence-electron chi connectivity index (χ4n) is 11.8. The van der Waals surface area contributed by atoms with E-state index in [2.05, 4.69) is 230 Å². The summed E-state index contributed by atoms with van der Waals surface area (Å²) in [5.41, 5.74) is 27.7. The van der Waals surface area contributed by atoms with Gasteiger partial charge >= 0.3 is 0 Å². The minimum Gasteiger partial charge on any atom is -0.310 e. The minimum atomic E-state index is 0.846. The number of hydrogen-bond donors (Lipinski definition) is 0. The zero-order chi connectivity index (χ0) is 44.5. The predicted octanol–water partition coefficient (Wildman–Crippen LogP) is 16.5. The highest BCUT2D eigenvalue weighted by Crippen LogP contribution is 2.51. The number of anilines is 6. The molecule has 13 rings (SSSR count). The fraction of sp³-hybridized carbons (Fsp3) is 0.129. The molecule has 0 fully saturated rings. The van der Waals surface area contributed by atoms with E-state index in [1.165, 1.54) is 145 Å². The van der Waals surface area contributed by atoms with Gasteiger partial charge in [0.1, 0.15) is 0 Å². The van der Waals surface area contributed by atoms with Crippen LogP contribution in [0.1, 0.15) is 55.6 Å². The number of aromatic nitrogens is 2. The van der Waals surface area contributed by atoms with Crippen molar-refractivity contribution >= 4 is 77.7 Å². The summed E-state index contributed by atoms with van der Waals surface area (Å²) in [6.45, 7) is 13.3. The van der Waals surface area contributed by atoms with Crippen molar-refractivity contribution in [2.24, 2.45) is 0 Å². The van der Waals surface area contributed by atoms with Crippen LogP contribution >= 0.6 is 0 Å². The molecule has 0 saturated heterocycles. The topological polar surface area (TPSA) is 16.3 Å². The van der Waals surface area contributed by atoms with Gasteiger partial charge in [0.25, 0.3) is 0 Å². The second-order valence-electron chi connectivity index (χ2n) is 19.0. The van der Waals surface area contributed by atoms with Gasteiger partial charge in [-0.15, -0.1) is 0 Å².